The fourth-order valence-electron chi connectivity index (χ4n) is 10.6. The lowest BCUT2D eigenvalue weighted by molar-refractivity contribution is 0.653. The summed E-state index contributed by atoms with van der Waals surface area (Å²) in [6, 6.07) is 67.5. The average Bonchev–Trinajstić information content (AvgIpc) is 3.92. The van der Waals surface area contributed by atoms with E-state index in [1.807, 2.05) is 11.3 Å². The van der Waals surface area contributed by atoms with Crippen molar-refractivity contribution < 1.29 is 4.42 Å². The highest BCUT2D eigenvalue weighted by atomic mass is 32.1. The number of fused-ring (bicyclic) bond motifs is 14. The predicted molar refractivity (Wildman–Crippen MR) is 253 cm³/mol. The third-order valence-electron chi connectivity index (χ3n) is 13.3. The lowest BCUT2D eigenvalue weighted by atomic mass is 9.82. The Hall–Kier alpha value is -7.00. The van der Waals surface area contributed by atoms with Gasteiger partial charge in [-0.05, 0) is 107 Å². The highest BCUT2D eigenvalue weighted by Crippen LogP contribution is 2.53. The van der Waals surface area contributed by atoms with Gasteiger partial charge in [0, 0.05) is 41.9 Å². The Kier molecular flexibility index (Phi) is 6.73. The first-order chi connectivity index (χ1) is 29.0. The minimum atomic E-state index is -0.0846. The largest absolute Gasteiger partial charge is 0.455 e. The first-order valence-corrected chi connectivity index (χ1v) is 21.3. The van der Waals surface area contributed by atoms with Crippen molar-refractivity contribution in [3.8, 4) is 44.5 Å². The van der Waals surface area contributed by atoms with Gasteiger partial charge >= 0.3 is 0 Å². The van der Waals surface area contributed by atoms with Crippen LogP contribution in [0.5, 0.6) is 0 Å². The quantitative estimate of drug-likeness (QED) is 0.163. The van der Waals surface area contributed by atoms with Crippen LogP contribution in [0.15, 0.2) is 186 Å². The summed E-state index contributed by atoms with van der Waals surface area (Å²) in [4.78, 5) is 0. The van der Waals surface area contributed by atoms with Crippen molar-refractivity contribution in [2.45, 2.75) is 19.3 Å². The Labute approximate surface area is 345 Å². The van der Waals surface area contributed by atoms with Gasteiger partial charge in [-0.1, -0.05) is 172 Å². The minimum Gasteiger partial charge on any atom is -0.455 e. The van der Waals surface area contributed by atoms with Gasteiger partial charge in [-0.25, -0.2) is 0 Å². The van der Waals surface area contributed by atoms with Crippen molar-refractivity contribution in [3.63, 3.8) is 0 Å². The van der Waals surface area contributed by atoms with Crippen LogP contribution in [0.4, 0.5) is 0 Å². The van der Waals surface area contributed by atoms with E-state index in [-0.39, 0.29) is 5.41 Å². The zero-order valence-electron chi connectivity index (χ0n) is 32.6. The maximum absolute atomic E-state index is 6.99. The second-order valence-electron chi connectivity index (χ2n) is 16.7. The van der Waals surface area contributed by atoms with Crippen LogP contribution in [-0.2, 0) is 5.41 Å². The lowest BCUT2D eigenvalue weighted by Gasteiger charge is -2.21. The van der Waals surface area contributed by atoms with Gasteiger partial charge in [0.05, 0.1) is 0 Å². The molecule has 0 N–H and O–H groups in total. The van der Waals surface area contributed by atoms with Crippen LogP contribution in [0.1, 0.15) is 25.0 Å². The molecule has 2 aromatic heterocycles. The molecule has 12 aromatic rings. The molecular weight excluding hydrogens is 733 g/mol. The number of benzene rings is 10. The molecule has 13 rings (SSSR count). The fraction of sp³-hybridized carbons (Fsp3) is 0.0526. The summed E-state index contributed by atoms with van der Waals surface area (Å²) in [7, 11) is 0. The Bertz CT molecular complexity index is 3690. The summed E-state index contributed by atoms with van der Waals surface area (Å²) < 4.78 is 9.65. The van der Waals surface area contributed by atoms with Gasteiger partial charge in [-0.15, -0.1) is 11.3 Å². The molecule has 0 saturated carbocycles. The van der Waals surface area contributed by atoms with Crippen LogP contribution < -0.4 is 0 Å². The molecule has 0 unspecified atom stereocenters. The minimum absolute atomic E-state index is 0.0846. The van der Waals surface area contributed by atoms with Crippen molar-refractivity contribution in [1.29, 1.82) is 0 Å². The number of hydrogen-bond donors (Lipinski definition) is 0. The second kappa shape index (κ2) is 12.0. The molecule has 276 valence electrons. The van der Waals surface area contributed by atoms with Gasteiger partial charge in [-0.2, -0.15) is 0 Å². The zero-order chi connectivity index (χ0) is 39.0. The van der Waals surface area contributed by atoms with E-state index in [1.165, 1.54) is 119 Å². The van der Waals surface area contributed by atoms with Crippen LogP contribution in [0.2, 0.25) is 0 Å². The molecule has 59 heavy (non-hydrogen) atoms. The third kappa shape index (κ3) is 4.55. The lowest BCUT2D eigenvalue weighted by Crippen LogP contribution is -2.14. The average molecular weight is 769 g/mol. The predicted octanol–water partition coefficient (Wildman–Crippen LogP) is 16.7. The molecule has 0 spiro atoms. The van der Waals surface area contributed by atoms with Gasteiger partial charge in [0.1, 0.15) is 11.2 Å². The molecule has 10 aromatic carbocycles. The number of thiophene rings is 1. The van der Waals surface area contributed by atoms with E-state index < -0.39 is 0 Å². The molecule has 0 saturated heterocycles. The number of furan rings is 1. The monoisotopic (exact) mass is 768 g/mol. The number of rotatable bonds is 3. The Morgan fingerprint density at radius 2 is 0.932 bits per heavy atom. The summed E-state index contributed by atoms with van der Waals surface area (Å²) in [5.74, 6) is 0. The fourth-order valence-corrected chi connectivity index (χ4v) is 11.7. The summed E-state index contributed by atoms with van der Waals surface area (Å²) in [5.41, 5.74) is 14.4. The SMILES string of the molecule is CC1(C)c2ccccc2-c2c1ccc1c2oc2cc(-c3ccc(-c4c5ccccc5c(-c5ccc6sc7ccccc7c6c5)c5ccccc45)cc3)c3ccccc3c21. The Morgan fingerprint density at radius 1 is 0.373 bits per heavy atom. The van der Waals surface area contributed by atoms with E-state index in [4.69, 9.17) is 4.42 Å². The normalized spacial score (nSPS) is 13.4. The standard InChI is InChI=1S/C57H36OS/c1-57(2)47-21-11-9-20-43(47)55-48(57)29-28-44-54-38-15-4-3-13-36(38)45(32-49(54)58-56(44)55)33-23-25-34(26-24-33)52-39-16-5-7-18-41(39)53(42-19-8-6-17-40(42)52)35-27-30-51-46(31-35)37-14-10-12-22-50(37)59-51/h3-32H,1-2H3. The molecule has 1 aliphatic rings. The first-order valence-electron chi connectivity index (χ1n) is 20.5. The van der Waals surface area contributed by atoms with Crippen molar-refractivity contribution in [2.75, 3.05) is 0 Å². The molecular formula is C57H36OS. The molecule has 0 fully saturated rings. The molecule has 1 aliphatic carbocycles. The molecule has 0 amide bonds. The summed E-state index contributed by atoms with van der Waals surface area (Å²) in [6.07, 6.45) is 0. The maximum Gasteiger partial charge on any atom is 0.143 e. The van der Waals surface area contributed by atoms with Gasteiger partial charge in [0.2, 0.25) is 0 Å². The van der Waals surface area contributed by atoms with Crippen molar-refractivity contribution >= 4 is 85.8 Å². The molecule has 2 heteroatoms. The van der Waals surface area contributed by atoms with Crippen LogP contribution in [-0.4, -0.2) is 0 Å². The van der Waals surface area contributed by atoms with E-state index >= 15 is 0 Å². The van der Waals surface area contributed by atoms with Crippen molar-refractivity contribution in [3.05, 3.63) is 193 Å². The second-order valence-corrected chi connectivity index (χ2v) is 17.8. The van der Waals surface area contributed by atoms with Crippen molar-refractivity contribution in [2.24, 2.45) is 0 Å². The van der Waals surface area contributed by atoms with Crippen LogP contribution in [0.3, 0.4) is 0 Å². The van der Waals surface area contributed by atoms with Gasteiger partial charge in [-0.3, -0.25) is 0 Å². The summed E-state index contributed by atoms with van der Waals surface area (Å²) in [5, 5.41) is 12.5. The Balaban J connectivity index is 0.988. The summed E-state index contributed by atoms with van der Waals surface area (Å²) >= 11 is 1.87. The smallest absolute Gasteiger partial charge is 0.143 e. The van der Waals surface area contributed by atoms with E-state index in [1.54, 1.807) is 0 Å². The third-order valence-corrected chi connectivity index (χ3v) is 14.4. The summed E-state index contributed by atoms with van der Waals surface area (Å²) in [6.45, 7) is 4.66. The van der Waals surface area contributed by atoms with Crippen LogP contribution in [0.25, 0.3) is 119 Å². The highest BCUT2D eigenvalue weighted by molar-refractivity contribution is 7.25. The molecule has 2 heterocycles. The van der Waals surface area contributed by atoms with E-state index in [2.05, 4.69) is 196 Å². The molecule has 0 aliphatic heterocycles. The number of hydrogen-bond acceptors (Lipinski definition) is 2. The maximum atomic E-state index is 6.99. The van der Waals surface area contributed by atoms with Crippen LogP contribution in [0, 0.1) is 0 Å². The van der Waals surface area contributed by atoms with E-state index in [0.29, 0.717) is 0 Å². The molecule has 0 bridgehead atoms. The van der Waals surface area contributed by atoms with E-state index in [9.17, 15) is 0 Å². The zero-order valence-corrected chi connectivity index (χ0v) is 33.5. The van der Waals surface area contributed by atoms with Crippen LogP contribution >= 0.6 is 11.3 Å². The van der Waals surface area contributed by atoms with Gasteiger partial charge in [0.25, 0.3) is 0 Å². The molecule has 1 nitrogen and oxygen atoms in total. The van der Waals surface area contributed by atoms with E-state index in [0.717, 1.165) is 11.2 Å². The topological polar surface area (TPSA) is 13.1 Å². The molecule has 0 radical (unpaired) electrons. The molecule has 0 atom stereocenters. The Morgan fingerprint density at radius 3 is 1.66 bits per heavy atom. The van der Waals surface area contributed by atoms with Crippen molar-refractivity contribution in [1.82, 2.24) is 0 Å². The van der Waals surface area contributed by atoms with Gasteiger partial charge < -0.3 is 4.42 Å². The first kappa shape index (κ1) is 33.0. The van der Waals surface area contributed by atoms with Gasteiger partial charge in [0.15, 0.2) is 0 Å². The highest BCUT2D eigenvalue weighted by Gasteiger charge is 2.37.